The average molecular weight is 527 g/mol. The summed E-state index contributed by atoms with van der Waals surface area (Å²) in [4.78, 5) is 15.0. The van der Waals surface area contributed by atoms with Crippen LogP contribution < -0.4 is 0 Å². The topological polar surface area (TPSA) is 87.6 Å². The van der Waals surface area contributed by atoms with Crippen LogP contribution in [-0.2, 0) is 21.2 Å². The van der Waals surface area contributed by atoms with Crippen molar-refractivity contribution in [2.75, 3.05) is 13.1 Å². The van der Waals surface area contributed by atoms with E-state index in [4.69, 9.17) is 11.6 Å². The summed E-state index contributed by atoms with van der Waals surface area (Å²) in [6, 6.07) is 19.0. The lowest BCUT2D eigenvalue weighted by Crippen LogP contribution is -2.45. The molecule has 0 saturated carbocycles. The van der Waals surface area contributed by atoms with Crippen LogP contribution in [0.2, 0.25) is 5.02 Å². The number of fused-ring (bicyclic) bond motifs is 1. The maximum atomic E-state index is 13.0. The van der Waals surface area contributed by atoms with Crippen molar-refractivity contribution in [1.82, 2.24) is 9.27 Å². The van der Waals surface area contributed by atoms with Gasteiger partial charge in [0.1, 0.15) is 5.52 Å². The zero-order valence-electron chi connectivity index (χ0n) is 18.7. The first-order valence-electron chi connectivity index (χ1n) is 11.2. The van der Waals surface area contributed by atoms with Crippen LogP contribution in [0.1, 0.15) is 34.3 Å². The first kappa shape index (κ1) is 23.9. The number of halogens is 1. The molecule has 6 nitrogen and oxygen atoms in total. The monoisotopic (exact) mass is 526 g/mol. The Labute approximate surface area is 212 Å². The Morgan fingerprint density at radius 1 is 1.03 bits per heavy atom. The third-order valence-corrected chi connectivity index (χ3v) is 9.19. The van der Waals surface area contributed by atoms with Gasteiger partial charge < -0.3 is 10.0 Å². The van der Waals surface area contributed by atoms with Crippen molar-refractivity contribution in [1.29, 1.82) is 0 Å². The van der Waals surface area contributed by atoms with E-state index in [1.54, 1.807) is 47.4 Å². The fraction of sp³-hybridized carbons (Fsp3) is 0.231. The maximum Gasteiger partial charge on any atom is 0.253 e. The maximum absolute atomic E-state index is 13.0. The van der Waals surface area contributed by atoms with Gasteiger partial charge in [0, 0.05) is 40.0 Å². The van der Waals surface area contributed by atoms with Crippen LogP contribution in [-0.4, -0.2) is 41.8 Å². The van der Waals surface area contributed by atoms with Gasteiger partial charge >= 0.3 is 0 Å². The molecule has 1 aromatic heterocycles. The highest BCUT2D eigenvalue weighted by molar-refractivity contribution is 7.90. The lowest BCUT2D eigenvalue weighted by Gasteiger charge is -2.39. The van der Waals surface area contributed by atoms with Crippen molar-refractivity contribution < 1.29 is 18.3 Å². The van der Waals surface area contributed by atoms with Gasteiger partial charge in [0.2, 0.25) is 0 Å². The molecule has 1 fully saturated rings. The van der Waals surface area contributed by atoms with E-state index in [0.717, 1.165) is 5.39 Å². The highest BCUT2D eigenvalue weighted by Gasteiger charge is 2.37. The number of hydrogen-bond donors (Lipinski definition) is 1. The molecule has 0 bridgehead atoms. The van der Waals surface area contributed by atoms with E-state index in [9.17, 15) is 18.3 Å². The minimum Gasteiger partial charge on any atom is -0.385 e. The largest absolute Gasteiger partial charge is 0.385 e. The predicted molar refractivity (Wildman–Crippen MR) is 137 cm³/mol. The van der Waals surface area contributed by atoms with Gasteiger partial charge in [-0.05, 0) is 54.2 Å². The molecule has 9 heteroatoms. The van der Waals surface area contributed by atoms with E-state index in [-0.39, 0.29) is 16.6 Å². The van der Waals surface area contributed by atoms with Gasteiger partial charge in [-0.15, -0.1) is 0 Å². The number of piperidine rings is 1. The average Bonchev–Trinajstić information content (AvgIpc) is 3.33. The Kier molecular flexibility index (Phi) is 6.40. The van der Waals surface area contributed by atoms with Crippen LogP contribution in [0.15, 0.2) is 77.0 Å². The molecule has 2 heterocycles. The molecule has 5 rings (SSSR count). The van der Waals surface area contributed by atoms with Crippen LogP contribution in [0, 0.1) is 0 Å². The Morgan fingerprint density at radius 3 is 2.46 bits per heavy atom. The second-order valence-corrected chi connectivity index (χ2v) is 11.8. The molecule has 0 spiro atoms. The molecule has 180 valence electrons. The molecular formula is C26H23ClN2O4S2. The second-order valence-electron chi connectivity index (χ2n) is 8.77. The summed E-state index contributed by atoms with van der Waals surface area (Å²) in [5.41, 5.74) is 1.20. The normalized spacial score (nSPS) is 15.9. The molecule has 0 atom stereocenters. The van der Waals surface area contributed by atoms with Crippen LogP contribution in [0.5, 0.6) is 0 Å². The first-order chi connectivity index (χ1) is 16.8. The molecule has 3 aromatic carbocycles. The molecule has 0 unspecified atom stereocenters. The number of rotatable bonds is 5. The van der Waals surface area contributed by atoms with Crippen molar-refractivity contribution in [2.45, 2.75) is 29.1 Å². The third-order valence-electron chi connectivity index (χ3n) is 6.50. The summed E-state index contributed by atoms with van der Waals surface area (Å²) in [7, 11) is -3.60. The van der Waals surface area contributed by atoms with E-state index in [2.05, 4.69) is 4.37 Å². The number of sulfone groups is 1. The van der Waals surface area contributed by atoms with Crippen molar-refractivity contribution in [3.8, 4) is 0 Å². The smallest absolute Gasteiger partial charge is 0.253 e. The van der Waals surface area contributed by atoms with Gasteiger partial charge in [-0.25, -0.2) is 8.42 Å². The second kappa shape index (κ2) is 9.35. The Morgan fingerprint density at radius 2 is 1.74 bits per heavy atom. The Bertz CT molecular complexity index is 1490. The summed E-state index contributed by atoms with van der Waals surface area (Å²) in [5, 5.41) is 14.3. The summed E-state index contributed by atoms with van der Waals surface area (Å²) >= 11 is 7.51. The number of hydrogen-bond acceptors (Lipinski definition) is 6. The fourth-order valence-corrected chi connectivity index (χ4v) is 7.10. The van der Waals surface area contributed by atoms with Crippen molar-refractivity contribution in [2.24, 2.45) is 0 Å². The van der Waals surface area contributed by atoms with Gasteiger partial charge in [-0.3, -0.25) is 4.79 Å². The number of amides is 1. The van der Waals surface area contributed by atoms with Gasteiger partial charge in [0.15, 0.2) is 9.84 Å². The van der Waals surface area contributed by atoms with Gasteiger partial charge in [0.25, 0.3) is 5.91 Å². The standard InChI is InChI=1S/C26H23ClN2O4S2/c27-22-6-2-1-5-21(22)26(31)12-14-29(15-13-26)25(30)19-10-8-18(9-11-19)17-35(32,33)23-7-3-4-20-16-34-28-24(20)23/h1-11,16,31H,12-15,17H2. The van der Waals surface area contributed by atoms with E-state index < -0.39 is 15.4 Å². The van der Waals surface area contributed by atoms with E-state index in [0.29, 0.717) is 53.2 Å². The van der Waals surface area contributed by atoms with E-state index in [1.165, 1.54) is 11.5 Å². The van der Waals surface area contributed by atoms with Gasteiger partial charge in [0.05, 0.1) is 16.2 Å². The molecule has 1 aliphatic rings. The number of nitrogens with zero attached hydrogens (tertiary/aromatic N) is 2. The highest BCUT2D eigenvalue weighted by atomic mass is 35.5. The molecule has 4 aromatic rings. The predicted octanol–water partition coefficient (Wildman–Crippen LogP) is 5.05. The summed E-state index contributed by atoms with van der Waals surface area (Å²) in [6.45, 7) is 0.794. The molecule has 1 aliphatic heterocycles. The minimum atomic E-state index is -3.60. The number of aromatic nitrogens is 1. The minimum absolute atomic E-state index is 0.146. The van der Waals surface area contributed by atoms with E-state index >= 15 is 0 Å². The first-order valence-corrected chi connectivity index (χ1v) is 14.0. The van der Waals surface area contributed by atoms with Crippen molar-refractivity contribution in [3.63, 3.8) is 0 Å². The summed E-state index contributed by atoms with van der Waals surface area (Å²) in [6.07, 6.45) is 0.780. The number of benzene rings is 3. The molecule has 0 radical (unpaired) electrons. The lowest BCUT2D eigenvalue weighted by molar-refractivity contribution is -0.0210. The van der Waals surface area contributed by atoms with Crippen molar-refractivity contribution in [3.05, 3.63) is 93.8 Å². The molecule has 1 amide bonds. The van der Waals surface area contributed by atoms with Crippen LogP contribution in [0.3, 0.4) is 0 Å². The highest BCUT2D eigenvalue weighted by Crippen LogP contribution is 2.37. The van der Waals surface area contributed by atoms with Crippen LogP contribution >= 0.6 is 23.1 Å². The summed E-state index contributed by atoms with van der Waals surface area (Å²) in [5.74, 6) is -0.319. The van der Waals surface area contributed by atoms with Crippen molar-refractivity contribution >= 4 is 49.8 Å². The lowest BCUT2D eigenvalue weighted by atomic mass is 9.84. The Balaban J connectivity index is 1.27. The van der Waals surface area contributed by atoms with Crippen LogP contribution in [0.25, 0.3) is 10.9 Å². The molecule has 1 N–H and O–H groups in total. The molecule has 0 aliphatic carbocycles. The zero-order chi connectivity index (χ0) is 24.6. The molecule has 1 saturated heterocycles. The molecular weight excluding hydrogens is 504 g/mol. The number of likely N-dealkylation sites (tertiary alicyclic amines) is 1. The summed E-state index contributed by atoms with van der Waals surface area (Å²) < 4.78 is 30.3. The fourth-order valence-electron chi connectivity index (χ4n) is 4.53. The van der Waals surface area contributed by atoms with Gasteiger partial charge in [-0.1, -0.05) is 54.1 Å². The van der Waals surface area contributed by atoms with Gasteiger partial charge in [-0.2, -0.15) is 4.37 Å². The van der Waals surface area contributed by atoms with Crippen LogP contribution in [0.4, 0.5) is 0 Å². The van der Waals surface area contributed by atoms with E-state index in [1.807, 2.05) is 29.6 Å². The third kappa shape index (κ3) is 4.71. The molecule has 35 heavy (non-hydrogen) atoms. The quantitative estimate of drug-likeness (QED) is 0.393. The zero-order valence-corrected chi connectivity index (χ0v) is 21.1. The number of carbonyl (C=O) groups excluding carboxylic acids is 1. The number of aliphatic hydroxyl groups is 1. The SMILES string of the molecule is O=C(c1ccc(CS(=O)(=O)c2cccc3csnc23)cc1)N1CCC(O)(c2ccccc2Cl)CC1. The number of carbonyl (C=O) groups is 1. The Hall–Kier alpha value is -2.78.